The molecule has 2 aromatic heterocycles. The van der Waals surface area contributed by atoms with Gasteiger partial charge in [-0.05, 0) is 37.3 Å². The number of halogens is 3. The number of benzene rings is 1. The van der Waals surface area contributed by atoms with Crippen LogP contribution in [-0.4, -0.2) is 20.9 Å². The predicted octanol–water partition coefficient (Wildman–Crippen LogP) is 3.83. The van der Waals surface area contributed by atoms with Crippen molar-refractivity contribution in [2.75, 3.05) is 5.32 Å². The lowest BCUT2D eigenvalue weighted by molar-refractivity contribution is -0.137. The van der Waals surface area contributed by atoms with E-state index in [2.05, 4.69) is 20.3 Å². The molecule has 3 N–H and O–H groups in total. The molecule has 0 bridgehead atoms. The van der Waals surface area contributed by atoms with Gasteiger partial charge in [0.05, 0.1) is 23.0 Å². The quantitative estimate of drug-likeness (QED) is 0.694. The molecule has 0 saturated heterocycles. The number of amides is 1. The number of rotatable bonds is 5. The lowest BCUT2D eigenvalue weighted by Gasteiger charge is -2.15. The summed E-state index contributed by atoms with van der Waals surface area (Å²) in [7, 11) is 0. The van der Waals surface area contributed by atoms with E-state index in [0.717, 1.165) is 17.8 Å². The van der Waals surface area contributed by atoms with Gasteiger partial charge >= 0.3 is 6.18 Å². The van der Waals surface area contributed by atoms with Crippen molar-refractivity contribution in [2.45, 2.75) is 19.1 Å². The van der Waals surface area contributed by atoms with Crippen molar-refractivity contribution in [3.63, 3.8) is 0 Å². The number of hydrogen-bond donors (Lipinski definition) is 2. The summed E-state index contributed by atoms with van der Waals surface area (Å²) in [5, 5.41) is 3.03. The lowest BCUT2D eigenvalue weighted by Crippen LogP contribution is -2.17. The van der Waals surface area contributed by atoms with E-state index in [9.17, 15) is 18.0 Å². The summed E-state index contributed by atoms with van der Waals surface area (Å²) in [6, 6.07) is 10.9. The van der Waals surface area contributed by atoms with Crippen LogP contribution in [0.2, 0.25) is 0 Å². The molecule has 6 nitrogen and oxygen atoms in total. The number of primary amides is 1. The highest BCUT2D eigenvalue weighted by atomic mass is 19.4. The minimum atomic E-state index is -4.44. The van der Waals surface area contributed by atoms with Crippen LogP contribution in [0.25, 0.3) is 11.3 Å². The Morgan fingerprint density at radius 2 is 1.82 bits per heavy atom. The summed E-state index contributed by atoms with van der Waals surface area (Å²) in [6.45, 7) is 1.83. The number of pyridine rings is 1. The van der Waals surface area contributed by atoms with E-state index in [0.29, 0.717) is 5.56 Å². The number of alkyl halides is 3. The van der Waals surface area contributed by atoms with Crippen LogP contribution in [0.4, 0.5) is 19.1 Å². The molecule has 1 atom stereocenters. The number of carbonyl (C=O) groups is 1. The predicted molar refractivity (Wildman–Crippen MR) is 97.3 cm³/mol. The molecule has 9 heteroatoms. The molecular formula is C19H16F3N5O. The van der Waals surface area contributed by atoms with Gasteiger partial charge in [0.1, 0.15) is 5.69 Å². The fourth-order valence-electron chi connectivity index (χ4n) is 2.52. The first-order valence-electron chi connectivity index (χ1n) is 8.28. The Bertz CT molecular complexity index is 975. The Morgan fingerprint density at radius 1 is 1.11 bits per heavy atom. The summed E-state index contributed by atoms with van der Waals surface area (Å²) in [5.41, 5.74) is 5.90. The van der Waals surface area contributed by atoms with Crippen LogP contribution in [0.1, 0.15) is 34.7 Å². The van der Waals surface area contributed by atoms with E-state index in [1.807, 2.05) is 19.1 Å². The maximum Gasteiger partial charge on any atom is 0.416 e. The molecule has 0 saturated carbocycles. The number of nitrogens with two attached hydrogens (primary N) is 1. The van der Waals surface area contributed by atoms with Crippen molar-refractivity contribution in [1.82, 2.24) is 15.0 Å². The number of nitrogens with one attached hydrogen (secondary N) is 1. The Morgan fingerprint density at radius 3 is 2.39 bits per heavy atom. The molecule has 28 heavy (non-hydrogen) atoms. The van der Waals surface area contributed by atoms with Gasteiger partial charge < -0.3 is 11.1 Å². The summed E-state index contributed by atoms with van der Waals surface area (Å²) in [6.07, 6.45) is -2.80. The van der Waals surface area contributed by atoms with Gasteiger partial charge in [-0.1, -0.05) is 18.2 Å². The van der Waals surface area contributed by atoms with Crippen LogP contribution in [0, 0.1) is 0 Å². The molecule has 0 aliphatic heterocycles. The molecule has 144 valence electrons. The number of nitrogens with zero attached hydrogens (tertiary/aromatic N) is 3. The van der Waals surface area contributed by atoms with Crippen molar-refractivity contribution in [1.29, 1.82) is 0 Å². The first kappa shape index (κ1) is 19.3. The second-order valence-corrected chi connectivity index (χ2v) is 6.02. The van der Waals surface area contributed by atoms with E-state index in [1.54, 1.807) is 12.3 Å². The highest BCUT2D eigenvalue weighted by Crippen LogP contribution is 2.31. The molecule has 0 aliphatic rings. The average molecular weight is 387 g/mol. The van der Waals surface area contributed by atoms with Gasteiger partial charge in [-0.3, -0.25) is 9.78 Å². The second-order valence-electron chi connectivity index (χ2n) is 6.02. The van der Waals surface area contributed by atoms with E-state index < -0.39 is 17.6 Å². The van der Waals surface area contributed by atoms with Crippen molar-refractivity contribution in [3.05, 3.63) is 71.7 Å². The van der Waals surface area contributed by atoms with Crippen LogP contribution >= 0.6 is 0 Å². The molecule has 1 unspecified atom stereocenters. The lowest BCUT2D eigenvalue weighted by atomic mass is 10.1. The van der Waals surface area contributed by atoms with Crippen molar-refractivity contribution in [3.8, 4) is 11.3 Å². The van der Waals surface area contributed by atoms with Crippen LogP contribution in [-0.2, 0) is 6.18 Å². The van der Waals surface area contributed by atoms with Gasteiger partial charge in [-0.25, -0.2) is 9.97 Å². The van der Waals surface area contributed by atoms with Crippen molar-refractivity contribution >= 4 is 11.9 Å². The second kappa shape index (κ2) is 7.63. The highest BCUT2D eigenvalue weighted by molar-refractivity contribution is 5.92. The van der Waals surface area contributed by atoms with Crippen LogP contribution < -0.4 is 11.1 Å². The molecule has 2 heterocycles. The van der Waals surface area contributed by atoms with Gasteiger partial charge in [0, 0.05) is 11.8 Å². The minimum absolute atomic E-state index is 0.0550. The maximum atomic E-state index is 12.8. The fourth-order valence-corrected chi connectivity index (χ4v) is 2.52. The van der Waals surface area contributed by atoms with E-state index >= 15 is 0 Å². The number of hydrogen-bond acceptors (Lipinski definition) is 5. The smallest absolute Gasteiger partial charge is 0.364 e. The van der Waals surface area contributed by atoms with Crippen LogP contribution in [0.5, 0.6) is 0 Å². The summed E-state index contributed by atoms with van der Waals surface area (Å²) < 4.78 is 38.3. The van der Waals surface area contributed by atoms with Gasteiger partial charge in [0.25, 0.3) is 5.91 Å². The SMILES string of the molecule is CC(Nc1nc(C(N)=O)cc(-c2ccc(C(F)(F)F)cc2)n1)c1ccccn1. The first-order chi connectivity index (χ1) is 13.2. The zero-order valence-electron chi connectivity index (χ0n) is 14.7. The maximum absolute atomic E-state index is 12.8. The van der Waals surface area contributed by atoms with E-state index in [4.69, 9.17) is 5.73 Å². The molecule has 0 radical (unpaired) electrons. The topological polar surface area (TPSA) is 93.8 Å². The van der Waals surface area contributed by atoms with Gasteiger partial charge in [-0.2, -0.15) is 13.2 Å². The number of aromatic nitrogens is 3. The Kier molecular flexibility index (Phi) is 5.25. The zero-order valence-corrected chi connectivity index (χ0v) is 14.7. The molecule has 1 amide bonds. The normalized spacial score (nSPS) is 12.4. The van der Waals surface area contributed by atoms with E-state index in [1.165, 1.54) is 18.2 Å². The first-order valence-corrected chi connectivity index (χ1v) is 8.28. The third-order valence-corrected chi connectivity index (χ3v) is 3.96. The molecule has 1 aromatic carbocycles. The molecule has 3 rings (SSSR count). The van der Waals surface area contributed by atoms with Crippen LogP contribution in [0.3, 0.4) is 0 Å². The monoisotopic (exact) mass is 387 g/mol. The zero-order chi connectivity index (χ0) is 20.3. The molecule has 0 aliphatic carbocycles. The van der Waals surface area contributed by atoms with Gasteiger partial charge in [0.2, 0.25) is 5.95 Å². The molecular weight excluding hydrogens is 371 g/mol. The van der Waals surface area contributed by atoms with Crippen molar-refractivity contribution < 1.29 is 18.0 Å². The largest absolute Gasteiger partial charge is 0.416 e. The summed E-state index contributed by atoms with van der Waals surface area (Å²) >= 11 is 0. The highest BCUT2D eigenvalue weighted by Gasteiger charge is 2.30. The van der Waals surface area contributed by atoms with Gasteiger partial charge in [-0.15, -0.1) is 0 Å². The minimum Gasteiger partial charge on any atom is -0.364 e. The number of carbonyl (C=O) groups excluding carboxylic acids is 1. The Hall–Kier alpha value is -3.49. The fraction of sp³-hybridized carbons (Fsp3) is 0.158. The molecule has 0 fully saturated rings. The third kappa shape index (κ3) is 4.43. The average Bonchev–Trinajstić information content (AvgIpc) is 2.68. The summed E-state index contributed by atoms with van der Waals surface area (Å²) in [4.78, 5) is 24.2. The standard InChI is InChI=1S/C19H16F3N5O/c1-11(14-4-2-3-9-24-14)25-18-26-15(10-16(27-18)17(23)28)12-5-7-13(8-6-12)19(20,21)22/h2-11H,1H3,(H2,23,28)(H,25,26,27). The Balaban J connectivity index is 1.95. The molecule has 0 spiro atoms. The summed E-state index contributed by atoms with van der Waals surface area (Å²) in [5.74, 6) is -0.659. The third-order valence-electron chi connectivity index (χ3n) is 3.96. The Labute approximate surface area is 158 Å². The van der Waals surface area contributed by atoms with Crippen LogP contribution in [0.15, 0.2) is 54.7 Å². The van der Waals surface area contributed by atoms with Crippen molar-refractivity contribution in [2.24, 2.45) is 5.73 Å². The molecule has 3 aromatic rings. The number of anilines is 1. The van der Waals surface area contributed by atoms with E-state index in [-0.39, 0.29) is 23.4 Å². The van der Waals surface area contributed by atoms with Gasteiger partial charge in [0.15, 0.2) is 0 Å².